The quantitative estimate of drug-likeness (QED) is 0.261. The lowest BCUT2D eigenvalue weighted by Crippen LogP contribution is -2.12. The number of carbonyl (C=O) groups excluding carboxylic acids is 1. The monoisotopic (exact) mass is 232 g/mol. The van der Waals surface area contributed by atoms with E-state index in [2.05, 4.69) is 9.78 Å². The first-order valence-corrected chi connectivity index (χ1v) is 5.29. The summed E-state index contributed by atoms with van der Waals surface area (Å²) in [6.45, 7) is 5.26. The molecule has 16 heavy (non-hydrogen) atoms. The van der Waals surface area contributed by atoms with Gasteiger partial charge >= 0.3 is 5.97 Å². The van der Waals surface area contributed by atoms with Crippen LogP contribution >= 0.6 is 0 Å². The average Bonchev–Trinajstić information content (AvgIpc) is 2.28. The molecule has 0 spiro atoms. The van der Waals surface area contributed by atoms with Crippen LogP contribution in [0.15, 0.2) is 11.6 Å². The van der Waals surface area contributed by atoms with Gasteiger partial charge in [-0.3, -0.25) is 4.89 Å². The van der Waals surface area contributed by atoms with Gasteiger partial charge in [0.1, 0.15) is 6.61 Å². The molecule has 0 heterocycles. The second-order valence-electron chi connectivity index (χ2n) is 3.09. The van der Waals surface area contributed by atoms with Crippen molar-refractivity contribution < 1.29 is 24.0 Å². The molecule has 0 unspecified atom stereocenters. The molecule has 94 valence electrons. The first kappa shape index (κ1) is 15.1. The Morgan fingerprint density at radius 1 is 1.19 bits per heavy atom. The molecule has 0 aliphatic rings. The summed E-state index contributed by atoms with van der Waals surface area (Å²) in [6, 6.07) is 0. The van der Waals surface area contributed by atoms with Crippen molar-refractivity contribution >= 4 is 5.97 Å². The van der Waals surface area contributed by atoms with Crippen LogP contribution in [0.25, 0.3) is 0 Å². The van der Waals surface area contributed by atoms with Crippen LogP contribution in [0.4, 0.5) is 0 Å². The Hall–Kier alpha value is -0.910. The van der Waals surface area contributed by atoms with Gasteiger partial charge in [0.2, 0.25) is 0 Å². The summed E-state index contributed by atoms with van der Waals surface area (Å²) < 4.78 is 9.89. The molecule has 5 heteroatoms. The Labute approximate surface area is 96.2 Å². The van der Waals surface area contributed by atoms with Crippen LogP contribution in [-0.2, 0) is 24.0 Å². The summed E-state index contributed by atoms with van der Waals surface area (Å²) in [7, 11) is 1.60. The zero-order valence-corrected chi connectivity index (χ0v) is 10.2. The van der Waals surface area contributed by atoms with Crippen LogP contribution in [0.2, 0.25) is 0 Å². The molecule has 0 fully saturated rings. The highest BCUT2D eigenvalue weighted by atomic mass is 17.2. The number of hydrogen-bond donors (Lipinski definition) is 0. The van der Waals surface area contributed by atoms with E-state index in [1.165, 1.54) is 0 Å². The summed E-state index contributed by atoms with van der Waals surface area (Å²) in [5.74, 6) is -0.459. The lowest BCUT2D eigenvalue weighted by Gasteiger charge is -2.04. The van der Waals surface area contributed by atoms with Crippen molar-refractivity contribution in [3.63, 3.8) is 0 Å². The average molecular weight is 232 g/mol. The third kappa shape index (κ3) is 8.40. The smallest absolute Gasteiger partial charge is 0.368 e. The summed E-state index contributed by atoms with van der Waals surface area (Å²) >= 11 is 0. The van der Waals surface area contributed by atoms with Crippen molar-refractivity contribution in [1.29, 1.82) is 0 Å². The highest BCUT2D eigenvalue weighted by Gasteiger charge is 2.05. The van der Waals surface area contributed by atoms with E-state index < -0.39 is 5.97 Å². The SMILES string of the molecule is CCC=C(C)C(=O)OOCCOCCOC. The fraction of sp³-hybridized carbons (Fsp3) is 0.727. The molecule has 0 rings (SSSR count). The minimum atomic E-state index is -0.459. The first-order chi connectivity index (χ1) is 7.72. The van der Waals surface area contributed by atoms with Crippen LogP contribution in [0.1, 0.15) is 20.3 Å². The molecule has 0 N–H and O–H groups in total. The van der Waals surface area contributed by atoms with Crippen LogP contribution in [0, 0.1) is 0 Å². The van der Waals surface area contributed by atoms with E-state index in [-0.39, 0.29) is 6.61 Å². The molecular weight excluding hydrogens is 212 g/mol. The van der Waals surface area contributed by atoms with E-state index in [1.807, 2.05) is 6.92 Å². The van der Waals surface area contributed by atoms with Gasteiger partial charge in [-0.15, -0.1) is 0 Å². The van der Waals surface area contributed by atoms with E-state index in [1.54, 1.807) is 20.1 Å². The molecule has 0 aliphatic heterocycles. The predicted octanol–water partition coefficient (Wildman–Crippen LogP) is 1.48. The Morgan fingerprint density at radius 2 is 1.88 bits per heavy atom. The standard InChI is InChI=1S/C11H20O5/c1-4-5-10(2)11(12)16-15-9-8-14-7-6-13-3/h5H,4,6-9H2,1-3H3. The minimum Gasteiger partial charge on any atom is -0.382 e. The van der Waals surface area contributed by atoms with Gasteiger partial charge in [-0.1, -0.05) is 13.0 Å². The van der Waals surface area contributed by atoms with Crippen molar-refractivity contribution in [2.75, 3.05) is 33.5 Å². The minimum absolute atomic E-state index is 0.217. The molecule has 0 saturated heterocycles. The molecule has 0 aliphatic carbocycles. The van der Waals surface area contributed by atoms with E-state index in [4.69, 9.17) is 9.47 Å². The number of rotatable bonds is 9. The van der Waals surface area contributed by atoms with Gasteiger partial charge in [-0.05, 0) is 13.3 Å². The molecule has 0 aromatic carbocycles. The van der Waals surface area contributed by atoms with Crippen molar-refractivity contribution in [2.45, 2.75) is 20.3 Å². The zero-order valence-electron chi connectivity index (χ0n) is 10.2. The highest BCUT2D eigenvalue weighted by Crippen LogP contribution is 1.98. The maximum absolute atomic E-state index is 11.2. The van der Waals surface area contributed by atoms with Crippen molar-refractivity contribution in [3.8, 4) is 0 Å². The Kier molecular flexibility index (Phi) is 10.00. The summed E-state index contributed by atoms with van der Waals surface area (Å²) in [5.41, 5.74) is 0.544. The van der Waals surface area contributed by atoms with Crippen molar-refractivity contribution in [1.82, 2.24) is 0 Å². The Morgan fingerprint density at radius 3 is 2.50 bits per heavy atom. The van der Waals surface area contributed by atoms with Crippen molar-refractivity contribution in [2.24, 2.45) is 0 Å². The van der Waals surface area contributed by atoms with Gasteiger partial charge in [0, 0.05) is 12.7 Å². The lowest BCUT2D eigenvalue weighted by molar-refractivity contribution is -0.272. The fourth-order valence-electron chi connectivity index (χ4n) is 0.888. The van der Waals surface area contributed by atoms with Gasteiger partial charge in [0.25, 0.3) is 0 Å². The number of ether oxygens (including phenoxy) is 2. The van der Waals surface area contributed by atoms with E-state index >= 15 is 0 Å². The van der Waals surface area contributed by atoms with Crippen LogP contribution in [0.3, 0.4) is 0 Å². The molecule has 0 saturated carbocycles. The van der Waals surface area contributed by atoms with Gasteiger partial charge in [0.05, 0.1) is 19.8 Å². The molecule has 0 aromatic rings. The van der Waals surface area contributed by atoms with E-state index in [0.29, 0.717) is 25.4 Å². The van der Waals surface area contributed by atoms with Gasteiger partial charge < -0.3 is 9.47 Å². The van der Waals surface area contributed by atoms with Crippen molar-refractivity contribution in [3.05, 3.63) is 11.6 Å². The summed E-state index contributed by atoms with van der Waals surface area (Å²) in [6.07, 6.45) is 2.57. The second kappa shape index (κ2) is 10.6. The van der Waals surface area contributed by atoms with Gasteiger partial charge in [-0.2, -0.15) is 4.89 Å². The summed E-state index contributed by atoms with van der Waals surface area (Å²) in [4.78, 5) is 20.4. The molecule has 0 bridgehead atoms. The maximum Gasteiger partial charge on any atom is 0.368 e. The Balaban J connectivity index is 3.38. The lowest BCUT2D eigenvalue weighted by atomic mass is 10.2. The second-order valence-corrected chi connectivity index (χ2v) is 3.09. The van der Waals surface area contributed by atoms with Crippen LogP contribution < -0.4 is 0 Å². The fourth-order valence-corrected chi connectivity index (χ4v) is 0.888. The number of allylic oxidation sites excluding steroid dienone is 1. The normalized spacial score (nSPS) is 11.6. The molecular formula is C11H20O5. The molecule has 0 amide bonds. The number of methoxy groups -OCH3 is 1. The van der Waals surface area contributed by atoms with Crippen LogP contribution in [-0.4, -0.2) is 39.5 Å². The number of carbonyl (C=O) groups is 1. The third-order valence-corrected chi connectivity index (χ3v) is 1.71. The zero-order chi connectivity index (χ0) is 12.2. The highest BCUT2D eigenvalue weighted by molar-refractivity contribution is 5.87. The molecule has 0 atom stereocenters. The summed E-state index contributed by atoms with van der Waals surface area (Å²) in [5, 5.41) is 0. The first-order valence-electron chi connectivity index (χ1n) is 5.29. The molecule has 0 aromatic heterocycles. The van der Waals surface area contributed by atoms with Gasteiger partial charge in [-0.25, -0.2) is 4.79 Å². The van der Waals surface area contributed by atoms with E-state index in [0.717, 1.165) is 6.42 Å². The van der Waals surface area contributed by atoms with E-state index in [9.17, 15) is 4.79 Å². The predicted molar refractivity (Wildman–Crippen MR) is 58.8 cm³/mol. The van der Waals surface area contributed by atoms with Crippen LogP contribution in [0.5, 0.6) is 0 Å². The maximum atomic E-state index is 11.2. The third-order valence-electron chi connectivity index (χ3n) is 1.71. The topological polar surface area (TPSA) is 54.0 Å². The number of hydrogen-bond acceptors (Lipinski definition) is 5. The largest absolute Gasteiger partial charge is 0.382 e. The Bertz CT molecular complexity index is 212. The molecule has 5 nitrogen and oxygen atoms in total. The van der Waals surface area contributed by atoms with Gasteiger partial charge in [0.15, 0.2) is 0 Å². The molecule has 0 radical (unpaired) electrons.